The minimum Gasteiger partial charge on any atom is -0.489 e. The molecule has 2 atom stereocenters. The summed E-state index contributed by atoms with van der Waals surface area (Å²) in [5, 5.41) is 3.63. The summed E-state index contributed by atoms with van der Waals surface area (Å²) in [5.41, 5.74) is 1.17. The molecule has 1 aliphatic carbocycles. The zero-order valence-electron chi connectivity index (χ0n) is 12.7. The molecule has 0 amide bonds. The van der Waals surface area contributed by atoms with Gasteiger partial charge in [0.15, 0.2) is 0 Å². The number of rotatable bonds is 7. The summed E-state index contributed by atoms with van der Waals surface area (Å²) in [4.78, 5) is 0. The van der Waals surface area contributed by atoms with E-state index in [4.69, 9.17) is 9.47 Å². The van der Waals surface area contributed by atoms with Gasteiger partial charge in [0.25, 0.3) is 0 Å². The Morgan fingerprint density at radius 1 is 1.25 bits per heavy atom. The van der Waals surface area contributed by atoms with Crippen LogP contribution in [0.5, 0.6) is 5.75 Å². The van der Waals surface area contributed by atoms with Crippen LogP contribution >= 0.6 is 0 Å². The van der Waals surface area contributed by atoms with E-state index in [1.54, 1.807) is 7.11 Å². The standard InChI is InChI=1S/C17H27NO2/c1-3-11-18-16-9-4-5-10-17(16)20-15-8-6-7-14(12-15)13-19-2/h6-8,12,16-18H,3-5,9-11,13H2,1-2H3. The zero-order valence-corrected chi connectivity index (χ0v) is 12.7. The summed E-state index contributed by atoms with van der Waals surface area (Å²) in [6.45, 7) is 3.92. The average molecular weight is 277 g/mol. The van der Waals surface area contributed by atoms with Crippen molar-refractivity contribution in [2.45, 2.75) is 57.8 Å². The van der Waals surface area contributed by atoms with Crippen LogP contribution in [-0.2, 0) is 11.3 Å². The lowest BCUT2D eigenvalue weighted by atomic mass is 9.92. The van der Waals surface area contributed by atoms with Crippen molar-refractivity contribution < 1.29 is 9.47 Å². The molecule has 1 N–H and O–H groups in total. The van der Waals surface area contributed by atoms with Gasteiger partial charge in [-0.15, -0.1) is 0 Å². The van der Waals surface area contributed by atoms with Crippen molar-refractivity contribution in [3.05, 3.63) is 29.8 Å². The largest absolute Gasteiger partial charge is 0.489 e. The first-order valence-electron chi connectivity index (χ1n) is 7.81. The maximum Gasteiger partial charge on any atom is 0.120 e. The van der Waals surface area contributed by atoms with Crippen LogP contribution in [0.1, 0.15) is 44.6 Å². The molecular weight excluding hydrogens is 250 g/mol. The molecule has 1 aliphatic rings. The summed E-state index contributed by atoms with van der Waals surface area (Å²) in [6, 6.07) is 8.75. The van der Waals surface area contributed by atoms with Gasteiger partial charge in [0, 0.05) is 13.2 Å². The molecule has 20 heavy (non-hydrogen) atoms. The molecule has 0 spiro atoms. The molecule has 0 heterocycles. The van der Waals surface area contributed by atoms with Gasteiger partial charge < -0.3 is 14.8 Å². The van der Waals surface area contributed by atoms with Crippen molar-refractivity contribution in [3.8, 4) is 5.75 Å². The van der Waals surface area contributed by atoms with Crippen LogP contribution < -0.4 is 10.1 Å². The lowest BCUT2D eigenvalue weighted by Crippen LogP contribution is -2.45. The third kappa shape index (κ3) is 4.50. The van der Waals surface area contributed by atoms with Gasteiger partial charge in [0.2, 0.25) is 0 Å². The van der Waals surface area contributed by atoms with Gasteiger partial charge in [-0.3, -0.25) is 0 Å². The first-order valence-corrected chi connectivity index (χ1v) is 7.81. The maximum absolute atomic E-state index is 6.23. The molecule has 0 radical (unpaired) electrons. The molecule has 0 aliphatic heterocycles. The smallest absolute Gasteiger partial charge is 0.120 e. The highest BCUT2D eigenvalue weighted by Gasteiger charge is 2.26. The van der Waals surface area contributed by atoms with Gasteiger partial charge in [-0.05, 0) is 49.9 Å². The van der Waals surface area contributed by atoms with E-state index in [1.807, 2.05) is 12.1 Å². The van der Waals surface area contributed by atoms with E-state index >= 15 is 0 Å². The summed E-state index contributed by atoms with van der Waals surface area (Å²) in [5.74, 6) is 0.967. The van der Waals surface area contributed by atoms with Gasteiger partial charge in [-0.2, -0.15) is 0 Å². The highest BCUT2D eigenvalue weighted by Crippen LogP contribution is 2.24. The van der Waals surface area contributed by atoms with Gasteiger partial charge in [0.05, 0.1) is 6.61 Å². The Kier molecular flexibility index (Phi) is 6.34. The third-order valence-corrected chi connectivity index (χ3v) is 3.86. The van der Waals surface area contributed by atoms with Crippen LogP contribution in [0.2, 0.25) is 0 Å². The molecule has 112 valence electrons. The zero-order chi connectivity index (χ0) is 14.2. The van der Waals surface area contributed by atoms with Crippen molar-refractivity contribution >= 4 is 0 Å². The van der Waals surface area contributed by atoms with Gasteiger partial charge in [0.1, 0.15) is 11.9 Å². The fourth-order valence-corrected chi connectivity index (χ4v) is 2.85. The van der Waals surface area contributed by atoms with Crippen LogP contribution in [0.15, 0.2) is 24.3 Å². The second kappa shape index (κ2) is 8.28. The van der Waals surface area contributed by atoms with Crippen LogP contribution in [0, 0.1) is 0 Å². The fourth-order valence-electron chi connectivity index (χ4n) is 2.85. The molecule has 1 saturated carbocycles. The molecule has 2 unspecified atom stereocenters. The normalized spacial score (nSPS) is 22.7. The fraction of sp³-hybridized carbons (Fsp3) is 0.647. The predicted molar refractivity (Wildman–Crippen MR) is 82.1 cm³/mol. The van der Waals surface area contributed by atoms with Crippen molar-refractivity contribution in [3.63, 3.8) is 0 Å². The molecule has 0 saturated heterocycles. The van der Waals surface area contributed by atoms with Crippen LogP contribution in [0.3, 0.4) is 0 Å². The molecule has 3 heteroatoms. The lowest BCUT2D eigenvalue weighted by molar-refractivity contribution is 0.113. The number of benzene rings is 1. The van der Waals surface area contributed by atoms with Crippen LogP contribution in [0.4, 0.5) is 0 Å². The number of hydrogen-bond donors (Lipinski definition) is 1. The second-order valence-corrected chi connectivity index (χ2v) is 5.58. The first kappa shape index (κ1) is 15.3. The lowest BCUT2D eigenvalue weighted by Gasteiger charge is -2.32. The van der Waals surface area contributed by atoms with Crippen LogP contribution in [-0.4, -0.2) is 25.8 Å². The second-order valence-electron chi connectivity index (χ2n) is 5.58. The Hall–Kier alpha value is -1.06. The van der Waals surface area contributed by atoms with E-state index in [0.29, 0.717) is 18.8 Å². The molecular formula is C17H27NO2. The van der Waals surface area contributed by atoms with E-state index in [-0.39, 0.29) is 0 Å². The number of nitrogens with one attached hydrogen (secondary N) is 1. The number of hydrogen-bond acceptors (Lipinski definition) is 3. The molecule has 1 aromatic carbocycles. The van der Waals surface area contributed by atoms with Crippen LogP contribution in [0.25, 0.3) is 0 Å². The minimum atomic E-state index is 0.299. The SMILES string of the molecule is CCCNC1CCCCC1Oc1cccc(COC)c1. The molecule has 1 aromatic rings. The third-order valence-electron chi connectivity index (χ3n) is 3.86. The van der Waals surface area contributed by atoms with E-state index in [2.05, 4.69) is 24.4 Å². The summed E-state index contributed by atoms with van der Waals surface area (Å²) < 4.78 is 11.4. The Morgan fingerprint density at radius 3 is 2.90 bits per heavy atom. The van der Waals surface area contributed by atoms with E-state index in [0.717, 1.165) is 18.7 Å². The predicted octanol–water partition coefficient (Wildman–Crippen LogP) is 3.52. The highest BCUT2D eigenvalue weighted by atomic mass is 16.5. The Balaban J connectivity index is 1.96. The topological polar surface area (TPSA) is 30.5 Å². The van der Waals surface area contributed by atoms with Gasteiger partial charge in [-0.25, -0.2) is 0 Å². The quantitative estimate of drug-likeness (QED) is 0.827. The molecule has 0 bridgehead atoms. The molecule has 3 nitrogen and oxygen atoms in total. The van der Waals surface area contributed by atoms with E-state index < -0.39 is 0 Å². The Morgan fingerprint density at radius 2 is 2.10 bits per heavy atom. The molecule has 0 aromatic heterocycles. The van der Waals surface area contributed by atoms with Crippen molar-refractivity contribution in [1.29, 1.82) is 0 Å². The number of methoxy groups -OCH3 is 1. The summed E-state index contributed by atoms with van der Waals surface area (Å²) >= 11 is 0. The molecule has 1 fully saturated rings. The van der Waals surface area contributed by atoms with Crippen molar-refractivity contribution in [1.82, 2.24) is 5.32 Å². The Bertz CT molecular complexity index is 394. The van der Waals surface area contributed by atoms with Gasteiger partial charge in [-0.1, -0.05) is 25.5 Å². The van der Waals surface area contributed by atoms with Crippen molar-refractivity contribution in [2.75, 3.05) is 13.7 Å². The highest BCUT2D eigenvalue weighted by molar-refractivity contribution is 5.28. The van der Waals surface area contributed by atoms with E-state index in [1.165, 1.54) is 31.2 Å². The van der Waals surface area contributed by atoms with Gasteiger partial charge >= 0.3 is 0 Å². The first-order chi connectivity index (χ1) is 9.83. The Labute approximate surface area is 122 Å². The summed E-state index contributed by atoms with van der Waals surface area (Å²) in [7, 11) is 1.72. The number of ether oxygens (including phenoxy) is 2. The molecule has 2 rings (SSSR count). The van der Waals surface area contributed by atoms with E-state index in [9.17, 15) is 0 Å². The van der Waals surface area contributed by atoms with Crippen molar-refractivity contribution in [2.24, 2.45) is 0 Å². The summed E-state index contributed by atoms with van der Waals surface area (Å²) in [6.07, 6.45) is 6.43. The minimum absolute atomic E-state index is 0.299. The monoisotopic (exact) mass is 277 g/mol. The maximum atomic E-state index is 6.23. The average Bonchev–Trinajstić information content (AvgIpc) is 2.47.